The van der Waals surface area contributed by atoms with E-state index in [2.05, 4.69) is 9.47 Å². The number of halogens is 1. The van der Waals surface area contributed by atoms with E-state index in [0.717, 1.165) is 0 Å². The van der Waals surface area contributed by atoms with Crippen LogP contribution in [0.25, 0.3) is 0 Å². The van der Waals surface area contributed by atoms with Crippen LogP contribution in [0.4, 0.5) is 4.39 Å². The van der Waals surface area contributed by atoms with Crippen molar-refractivity contribution < 1.29 is 23.5 Å². The summed E-state index contributed by atoms with van der Waals surface area (Å²) in [5.41, 5.74) is 1.38. The van der Waals surface area contributed by atoms with E-state index in [1.54, 1.807) is 13.0 Å². The summed E-state index contributed by atoms with van der Waals surface area (Å²) in [6.45, 7) is 1.71. The van der Waals surface area contributed by atoms with E-state index < -0.39 is 17.9 Å². The third-order valence-electron chi connectivity index (χ3n) is 2.70. The van der Waals surface area contributed by atoms with Crippen molar-refractivity contribution in [3.8, 4) is 0 Å². The third-order valence-corrected chi connectivity index (χ3v) is 2.70. The van der Waals surface area contributed by atoms with E-state index in [-0.39, 0.29) is 12.2 Å². The second-order valence-corrected chi connectivity index (χ2v) is 3.87. The highest BCUT2D eigenvalue weighted by atomic mass is 19.1. The Bertz CT molecular complexity index is 440. The predicted octanol–water partition coefficient (Wildman–Crippen LogP) is 1.64. The van der Waals surface area contributed by atoms with E-state index in [4.69, 9.17) is 0 Å². The number of hydrogen-bond acceptors (Lipinski definition) is 4. The maximum absolute atomic E-state index is 13.0. The molecule has 0 aromatic heterocycles. The van der Waals surface area contributed by atoms with Crippen LogP contribution in [0.15, 0.2) is 18.2 Å². The van der Waals surface area contributed by atoms with E-state index in [0.29, 0.717) is 11.1 Å². The molecule has 0 amide bonds. The van der Waals surface area contributed by atoms with Gasteiger partial charge < -0.3 is 9.47 Å². The minimum absolute atomic E-state index is 0.130. The first-order chi connectivity index (χ1) is 8.49. The molecule has 0 N–H and O–H groups in total. The number of methoxy groups -OCH3 is 2. The molecule has 0 aliphatic carbocycles. The molecule has 0 radical (unpaired) electrons. The molecule has 0 atom stereocenters. The first-order valence-electron chi connectivity index (χ1n) is 5.40. The van der Waals surface area contributed by atoms with E-state index in [9.17, 15) is 14.0 Å². The molecule has 0 aliphatic heterocycles. The van der Waals surface area contributed by atoms with Crippen molar-refractivity contribution in [2.75, 3.05) is 14.2 Å². The topological polar surface area (TPSA) is 52.6 Å². The predicted molar refractivity (Wildman–Crippen MR) is 62.4 cm³/mol. The molecule has 4 nitrogen and oxygen atoms in total. The van der Waals surface area contributed by atoms with Gasteiger partial charge in [0.2, 0.25) is 0 Å². The number of carbonyl (C=O) groups is 2. The molecule has 18 heavy (non-hydrogen) atoms. The third kappa shape index (κ3) is 3.29. The SMILES string of the molecule is COC(=O)C(Cc1ccc(F)cc1C)C(=O)OC. The molecule has 0 bridgehead atoms. The average molecular weight is 254 g/mol. The number of esters is 2. The van der Waals surface area contributed by atoms with E-state index in [1.165, 1.54) is 26.4 Å². The van der Waals surface area contributed by atoms with Gasteiger partial charge in [-0.05, 0) is 36.6 Å². The maximum Gasteiger partial charge on any atom is 0.320 e. The molecule has 0 saturated carbocycles. The zero-order valence-corrected chi connectivity index (χ0v) is 10.5. The van der Waals surface area contributed by atoms with Crippen LogP contribution in [-0.2, 0) is 25.5 Å². The largest absolute Gasteiger partial charge is 0.468 e. The van der Waals surface area contributed by atoms with Crippen LogP contribution in [0.1, 0.15) is 11.1 Å². The van der Waals surface area contributed by atoms with Gasteiger partial charge in [-0.1, -0.05) is 6.07 Å². The lowest BCUT2D eigenvalue weighted by atomic mass is 9.96. The Morgan fingerprint density at radius 1 is 1.22 bits per heavy atom. The normalized spacial score (nSPS) is 10.3. The number of ether oxygens (including phenoxy) is 2. The first kappa shape index (κ1) is 14.2. The second kappa shape index (κ2) is 6.14. The lowest BCUT2D eigenvalue weighted by Crippen LogP contribution is -2.28. The summed E-state index contributed by atoms with van der Waals surface area (Å²) >= 11 is 0. The van der Waals surface area contributed by atoms with Crippen molar-refractivity contribution in [3.05, 3.63) is 35.1 Å². The molecule has 0 fully saturated rings. The average Bonchev–Trinajstić information content (AvgIpc) is 2.36. The van der Waals surface area contributed by atoms with Crippen molar-refractivity contribution in [3.63, 3.8) is 0 Å². The van der Waals surface area contributed by atoms with Gasteiger partial charge in [0.05, 0.1) is 14.2 Å². The molecule has 1 aromatic rings. The Labute approximate surface area is 105 Å². The highest BCUT2D eigenvalue weighted by Gasteiger charge is 2.29. The van der Waals surface area contributed by atoms with Crippen molar-refractivity contribution in [2.45, 2.75) is 13.3 Å². The lowest BCUT2D eigenvalue weighted by molar-refractivity contribution is -0.158. The van der Waals surface area contributed by atoms with Gasteiger partial charge in [0, 0.05) is 0 Å². The lowest BCUT2D eigenvalue weighted by Gasteiger charge is -2.13. The standard InChI is InChI=1S/C13H15FO4/c1-8-6-10(14)5-4-9(8)7-11(12(15)17-2)13(16)18-3/h4-6,11H,7H2,1-3H3. The van der Waals surface area contributed by atoms with E-state index >= 15 is 0 Å². The van der Waals surface area contributed by atoms with Crippen molar-refractivity contribution in [1.82, 2.24) is 0 Å². The van der Waals surface area contributed by atoms with Gasteiger partial charge in [-0.3, -0.25) is 9.59 Å². The summed E-state index contributed by atoms with van der Waals surface area (Å²) < 4.78 is 22.1. The van der Waals surface area contributed by atoms with Crippen LogP contribution < -0.4 is 0 Å². The monoisotopic (exact) mass is 254 g/mol. The zero-order chi connectivity index (χ0) is 13.7. The van der Waals surface area contributed by atoms with Gasteiger partial charge in [-0.15, -0.1) is 0 Å². The smallest absolute Gasteiger partial charge is 0.320 e. The van der Waals surface area contributed by atoms with Gasteiger partial charge in [-0.2, -0.15) is 0 Å². The molecule has 1 rings (SSSR count). The summed E-state index contributed by atoms with van der Waals surface area (Å²) in [6.07, 6.45) is 0.130. The van der Waals surface area contributed by atoms with Gasteiger partial charge in [0.1, 0.15) is 5.82 Å². The van der Waals surface area contributed by atoms with Crippen LogP contribution in [0.5, 0.6) is 0 Å². The van der Waals surface area contributed by atoms with Gasteiger partial charge in [-0.25, -0.2) is 4.39 Å². The molecular formula is C13H15FO4. The van der Waals surface area contributed by atoms with Crippen LogP contribution in [-0.4, -0.2) is 26.2 Å². The summed E-state index contributed by atoms with van der Waals surface area (Å²) in [4.78, 5) is 23.0. The van der Waals surface area contributed by atoms with Gasteiger partial charge in [0.25, 0.3) is 0 Å². The maximum atomic E-state index is 13.0. The van der Waals surface area contributed by atoms with Crippen LogP contribution in [0, 0.1) is 18.7 Å². The van der Waals surface area contributed by atoms with Crippen molar-refractivity contribution in [1.29, 1.82) is 0 Å². The van der Waals surface area contributed by atoms with Crippen molar-refractivity contribution in [2.24, 2.45) is 5.92 Å². The fourth-order valence-electron chi connectivity index (χ4n) is 1.66. The second-order valence-electron chi connectivity index (χ2n) is 3.87. The quantitative estimate of drug-likeness (QED) is 0.605. The Morgan fingerprint density at radius 3 is 2.22 bits per heavy atom. The Morgan fingerprint density at radius 2 is 1.78 bits per heavy atom. The molecule has 1 aromatic carbocycles. The molecule has 0 saturated heterocycles. The molecule has 5 heteroatoms. The minimum Gasteiger partial charge on any atom is -0.468 e. The van der Waals surface area contributed by atoms with Gasteiger partial charge >= 0.3 is 11.9 Å². The van der Waals surface area contributed by atoms with E-state index in [1.807, 2.05) is 0 Å². The molecular weight excluding hydrogens is 239 g/mol. The molecule has 0 unspecified atom stereocenters. The first-order valence-corrected chi connectivity index (χ1v) is 5.40. The molecule has 0 aliphatic rings. The number of aryl methyl sites for hydroxylation is 1. The summed E-state index contributed by atoms with van der Waals surface area (Å²) in [6, 6.07) is 4.18. The Hall–Kier alpha value is -1.91. The molecule has 0 spiro atoms. The number of hydrogen-bond donors (Lipinski definition) is 0. The van der Waals surface area contributed by atoms with Crippen LogP contribution in [0.3, 0.4) is 0 Å². The highest BCUT2D eigenvalue weighted by molar-refractivity contribution is 5.95. The molecule has 98 valence electrons. The highest BCUT2D eigenvalue weighted by Crippen LogP contribution is 2.17. The van der Waals surface area contributed by atoms with Gasteiger partial charge in [0.15, 0.2) is 5.92 Å². The summed E-state index contributed by atoms with van der Waals surface area (Å²) in [7, 11) is 2.41. The van der Waals surface area contributed by atoms with Crippen LogP contribution in [0.2, 0.25) is 0 Å². The summed E-state index contributed by atoms with van der Waals surface area (Å²) in [5, 5.41) is 0. The minimum atomic E-state index is -1.02. The number of rotatable bonds is 4. The fraction of sp³-hybridized carbons (Fsp3) is 0.385. The van der Waals surface area contributed by atoms with Crippen molar-refractivity contribution >= 4 is 11.9 Å². The molecule has 0 heterocycles. The number of benzene rings is 1. The zero-order valence-electron chi connectivity index (χ0n) is 10.5. The Kier molecular flexibility index (Phi) is 4.83. The fourth-order valence-corrected chi connectivity index (χ4v) is 1.66. The van der Waals surface area contributed by atoms with Crippen LogP contribution >= 0.6 is 0 Å². The Balaban J connectivity index is 2.96. The number of carbonyl (C=O) groups excluding carboxylic acids is 2. The summed E-state index contributed by atoms with van der Waals surface area (Å²) in [5.74, 6) is -2.70.